The Kier molecular flexibility index (Phi) is 5.36. The van der Waals surface area contributed by atoms with E-state index in [1.807, 2.05) is 29.6 Å². The lowest BCUT2D eigenvalue weighted by Crippen LogP contribution is -2.24. The monoisotopic (exact) mass is 277 g/mol. The van der Waals surface area contributed by atoms with Crippen LogP contribution in [-0.4, -0.2) is 24.2 Å². The highest BCUT2D eigenvalue weighted by Crippen LogP contribution is 2.25. The zero-order chi connectivity index (χ0) is 13.5. The quantitative estimate of drug-likeness (QED) is 0.764. The van der Waals surface area contributed by atoms with Crippen LogP contribution in [0.4, 0.5) is 0 Å². The third-order valence-electron chi connectivity index (χ3n) is 3.10. The van der Waals surface area contributed by atoms with E-state index in [0.717, 1.165) is 41.3 Å². The Morgan fingerprint density at radius 3 is 2.79 bits per heavy atom. The number of aliphatic hydroxyl groups is 1. The number of rotatable bonds is 7. The van der Waals surface area contributed by atoms with Crippen LogP contribution < -0.4 is 5.32 Å². The lowest BCUT2D eigenvalue weighted by Gasteiger charge is -2.04. The van der Waals surface area contributed by atoms with Gasteiger partial charge < -0.3 is 10.4 Å². The molecule has 19 heavy (non-hydrogen) atoms. The molecule has 0 spiro atoms. The summed E-state index contributed by atoms with van der Waals surface area (Å²) in [6.07, 6.45) is 3.88. The van der Waals surface area contributed by atoms with Crippen molar-refractivity contribution in [2.24, 2.45) is 0 Å². The Balaban J connectivity index is 1.83. The van der Waals surface area contributed by atoms with Crippen molar-refractivity contribution in [2.45, 2.75) is 25.7 Å². The molecule has 0 aliphatic rings. The van der Waals surface area contributed by atoms with Crippen LogP contribution in [0.5, 0.6) is 0 Å². The third-order valence-corrected chi connectivity index (χ3v) is 4.06. The highest BCUT2D eigenvalue weighted by atomic mass is 32.1. The maximum Gasteiger partial charge on any atom is 0.252 e. The molecule has 2 N–H and O–H groups in total. The molecule has 1 aromatic heterocycles. The number of hydrogen-bond donors (Lipinski definition) is 2. The highest BCUT2D eigenvalue weighted by Gasteiger charge is 2.10. The number of amides is 1. The van der Waals surface area contributed by atoms with Gasteiger partial charge in [-0.3, -0.25) is 4.79 Å². The molecule has 4 heteroatoms. The Morgan fingerprint density at radius 1 is 1.16 bits per heavy atom. The van der Waals surface area contributed by atoms with E-state index < -0.39 is 0 Å². The molecule has 0 fully saturated rings. The number of fused-ring (bicyclic) bond motifs is 1. The minimum atomic E-state index is 0.0135. The van der Waals surface area contributed by atoms with Crippen LogP contribution in [0.15, 0.2) is 29.6 Å². The van der Waals surface area contributed by atoms with Crippen LogP contribution in [0.1, 0.15) is 36.0 Å². The van der Waals surface area contributed by atoms with Gasteiger partial charge >= 0.3 is 0 Å². The molecular formula is C15H19NO2S. The molecule has 2 rings (SSSR count). The van der Waals surface area contributed by atoms with Gasteiger partial charge in [-0.2, -0.15) is 0 Å². The largest absolute Gasteiger partial charge is 0.396 e. The maximum absolute atomic E-state index is 12.1. The van der Waals surface area contributed by atoms with E-state index >= 15 is 0 Å². The highest BCUT2D eigenvalue weighted by molar-refractivity contribution is 7.17. The summed E-state index contributed by atoms with van der Waals surface area (Å²) < 4.78 is 1.15. The number of aliphatic hydroxyl groups excluding tert-OH is 1. The van der Waals surface area contributed by atoms with Crippen LogP contribution in [0.25, 0.3) is 10.1 Å². The van der Waals surface area contributed by atoms with Gasteiger partial charge in [0.15, 0.2) is 0 Å². The van der Waals surface area contributed by atoms with Gasteiger partial charge in [0.25, 0.3) is 5.91 Å². The predicted molar refractivity (Wildman–Crippen MR) is 79.7 cm³/mol. The minimum absolute atomic E-state index is 0.0135. The molecule has 3 nitrogen and oxygen atoms in total. The smallest absolute Gasteiger partial charge is 0.252 e. The zero-order valence-electron chi connectivity index (χ0n) is 10.9. The molecular weight excluding hydrogens is 258 g/mol. The van der Waals surface area contributed by atoms with E-state index in [-0.39, 0.29) is 12.5 Å². The van der Waals surface area contributed by atoms with Gasteiger partial charge in [0.2, 0.25) is 0 Å². The van der Waals surface area contributed by atoms with E-state index in [2.05, 4.69) is 5.32 Å². The summed E-state index contributed by atoms with van der Waals surface area (Å²) in [5.74, 6) is 0.0135. The Morgan fingerprint density at radius 2 is 1.95 bits per heavy atom. The molecule has 2 aromatic rings. The first-order valence-corrected chi connectivity index (χ1v) is 7.56. The van der Waals surface area contributed by atoms with Crippen molar-refractivity contribution in [2.75, 3.05) is 13.2 Å². The van der Waals surface area contributed by atoms with Gasteiger partial charge in [-0.05, 0) is 18.9 Å². The van der Waals surface area contributed by atoms with Crippen LogP contribution in [-0.2, 0) is 0 Å². The summed E-state index contributed by atoms with van der Waals surface area (Å²) in [5, 5.41) is 14.6. The average Bonchev–Trinajstić information content (AvgIpc) is 2.86. The molecule has 1 aromatic carbocycles. The summed E-state index contributed by atoms with van der Waals surface area (Å²) in [7, 11) is 0. The summed E-state index contributed by atoms with van der Waals surface area (Å²) >= 11 is 1.60. The van der Waals surface area contributed by atoms with Crippen molar-refractivity contribution in [3.63, 3.8) is 0 Å². The van der Waals surface area contributed by atoms with E-state index in [0.29, 0.717) is 6.54 Å². The SMILES string of the molecule is O=C(NCCCCCCO)c1csc2ccccc12. The molecule has 0 radical (unpaired) electrons. The van der Waals surface area contributed by atoms with Crippen LogP contribution >= 0.6 is 11.3 Å². The van der Waals surface area contributed by atoms with Crippen molar-refractivity contribution in [1.29, 1.82) is 0 Å². The topological polar surface area (TPSA) is 49.3 Å². The maximum atomic E-state index is 12.1. The molecule has 0 aliphatic carbocycles. The van der Waals surface area contributed by atoms with Gasteiger partial charge in [-0.1, -0.05) is 31.0 Å². The zero-order valence-corrected chi connectivity index (χ0v) is 11.7. The number of unbranched alkanes of at least 4 members (excludes halogenated alkanes) is 3. The number of nitrogens with one attached hydrogen (secondary N) is 1. The van der Waals surface area contributed by atoms with Crippen molar-refractivity contribution >= 4 is 27.3 Å². The number of hydrogen-bond acceptors (Lipinski definition) is 3. The fourth-order valence-electron chi connectivity index (χ4n) is 2.04. The van der Waals surface area contributed by atoms with Gasteiger partial charge in [0.05, 0.1) is 5.56 Å². The van der Waals surface area contributed by atoms with Crippen molar-refractivity contribution in [3.8, 4) is 0 Å². The lowest BCUT2D eigenvalue weighted by molar-refractivity contribution is 0.0955. The van der Waals surface area contributed by atoms with Crippen molar-refractivity contribution in [3.05, 3.63) is 35.2 Å². The van der Waals surface area contributed by atoms with Gasteiger partial charge in [0, 0.05) is 28.6 Å². The fraction of sp³-hybridized carbons (Fsp3) is 0.400. The van der Waals surface area contributed by atoms with E-state index in [1.165, 1.54) is 0 Å². The molecule has 102 valence electrons. The first-order valence-electron chi connectivity index (χ1n) is 6.68. The molecule has 0 atom stereocenters. The van der Waals surface area contributed by atoms with Gasteiger partial charge in [-0.15, -0.1) is 11.3 Å². The van der Waals surface area contributed by atoms with Crippen LogP contribution in [0.2, 0.25) is 0 Å². The van der Waals surface area contributed by atoms with Crippen LogP contribution in [0, 0.1) is 0 Å². The molecule has 1 amide bonds. The summed E-state index contributed by atoms with van der Waals surface area (Å²) in [4.78, 5) is 12.1. The van der Waals surface area contributed by atoms with E-state index in [9.17, 15) is 4.79 Å². The predicted octanol–water partition coefficient (Wildman–Crippen LogP) is 3.18. The average molecular weight is 277 g/mol. The Bertz CT molecular complexity index is 536. The summed E-state index contributed by atoms with van der Waals surface area (Å²) in [5.41, 5.74) is 0.774. The van der Waals surface area contributed by atoms with Crippen molar-refractivity contribution < 1.29 is 9.90 Å². The number of thiophene rings is 1. The van der Waals surface area contributed by atoms with E-state index in [4.69, 9.17) is 5.11 Å². The number of benzene rings is 1. The van der Waals surface area contributed by atoms with Gasteiger partial charge in [0.1, 0.15) is 0 Å². The standard InChI is InChI=1S/C15H19NO2S/c17-10-6-2-1-5-9-16-15(18)13-11-19-14-8-4-3-7-12(13)14/h3-4,7-8,11,17H,1-2,5-6,9-10H2,(H,16,18). The Hall–Kier alpha value is -1.39. The molecule has 0 saturated carbocycles. The first-order chi connectivity index (χ1) is 9.33. The molecule has 0 unspecified atom stereocenters. The first kappa shape index (κ1) is 14.0. The normalized spacial score (nSPS) is 10.8. The molecule has 0 aliphatic heterocycles. The second-order valence-electron chi connectivity index (χ2n) is 4.54. The van der Waals surface area contributed by atoms with Gasteiger partial charge in [-0.25, -0.2) is 0 Å². The minimum Gasteiger partial charge on any atom is -0.396 e. The fourth-order valence-corrected chi connectivity index (χ4v) is 2.98. The molecule has 1 heterocycles. The van der Waals surface area contributed by atoms with Crippen LogP contribution in [0.3, 0.4) is 0 Å². The lowest BCUT2D eigenvalue weighted by atomic mass is 10.1. The number of carbonyl (C=O) groups excluding carboxylic acids is 1. The van der Waals surface area contributed by atoms with Crippen molar-refractivity contribution in [1.82, 2.24) is 5.32 Å². The Labute approximate surface area is 117 Å². The summed E-state index contributed by atoms with van der Waals surface area (Å²) in [6, 6.07) is 7.97. The second-order valence-corrected chi connectivity index (χ2v) is 5.45. The third kappa shape index (κ3) is 3.78. The molecule has 0 saturated heterocycles. The second kappa shape index (κ2) is 7.26. The van der Waals surface area contributed by atoms with E-state index in [1.54, 1.807) is 11.3 Å². The summed E-state index contributed by atoms with van der Waals surface area (Å²) in [6.45, 7) is 0.960. The number of carbonyl (C=O) groups is 1. The molecule has 0 bridgehead atoms.